The number of carbonyl (C=O) groups is 2. The van der Waals surface area contributed by atoms with Gasteiger partial charge in [-0.1, -0.05) is 36.4 Å². The number of rotatable bonds is 5. The zero-order chi connectivity index (χ0) is 23.1. The molecule has 0 saturated carbocycles. The van der Waals surface area contributed by atoms with Crippen molar-refractivity contribution in [1.82, 2.24) is 20.0 Å². The molecule has 0 spiro atoms. The number of carbonyl (C=O) groups excluding carboxylic acids is 2. The van der Waals surface area contributed by atoms with Gasteiger partial charge in [0.05, 0.1) is 0 Å². The molecule has 1 N–H and O–H groups in total. The van der Waals surface area contributed by atoms with Crippen molar-refractivity contribution in [1.29, 1.82) is 0 Å². The Morgan fingerprint density at radius 1 is 1.00 bits per heavy atom. The first kappa shape index (κ1) is 21.9. The number of urea groups is 1. The van der Waals surface area contributed by atoms with Crippen molar-refractivity contribution in [2.75, 3.05) is 31.6 Å². The Kier molecular flexibility index (Phi) is 5.85. The van der Waals surface area contributed by atoms with Crippen molar-refractivity contribution in [3.8, 4) is 0 Å². The number of likely N-dealkylation sites (N-methyl/N-ethyl adjacent to an activating group) is 1. The van der Waals surface area contributed by atoms with Crippen LogP contribution in [-0.2, 0) is 11.2 Å². The summed E-state index contributed by atoms with van der Waals surface area (Å²) < 4.78 is 0. The molecule has 3 atom stereocenters. The second-order valence-electron chi connectivity index (χ2n) is 9.53. The van der Waals surface area contributed by atoms with Crippen molar-refractivity contribution in [2.45, 2.75) is 51.6 Å². The van der Waals surface area contributed by atoms with Gasteiger partial charge in [0.25, 0.3) is 5.91 Å². The molecule has 3 aliphatic rings. The SMILES string of the molecule is Cc1cc(C)cc(N2CCCN3C4C(=O)N(CCCc5ccccc5)C(=O)N(C)C4NC23)c1. The normalized spacial score (nSPS) is 25.4. The van der Waals surface area contributed by atoms with E-state index in [-0.39, 0.29) is 30.4 Å². The van der Waals surface area contributed by atoms with Crippen LogP contribution in [0.25, 0.3) is 0 Å². The van der Waals surface area contributed by atoms with E-state index >= 15 is 0 Å². The largest absolute Gasteiger partial charge is 0.343 e. The monoisotopic (exact) mass is 447 g/mol. The van der Waals surface area contributed by atoms with Crippen molar-refractivity contribution >= 4 is 17.6 Å². The van der Waals surface area contributed by atoms with Crippen molar-refractivity contribution in [3.05, 3.63) is 65.2 Å². The summed E-state index contributed by atoms with van der Waals surface area (Å²) in [4.78, 5) is 34.5. The summed E-state index contributed by atoms with van der Waals surface area (Å²) in [5.41, 5.74) is 4.84. The third kappa shape index (κ3) is 4.00. The number of hydrogen-bond acceptors (Lipinski definition) is 5. The van der Waals surface area contributed by atoms with Gasteiger partial charge in [-0.3, -0.25) is 19.9 Å². The topological polar surface area (TPSA) is 59.1 Å². The third-order valence-electron chi connectivity index (χ3n) is 7.10. The molecule has 33 heavy (non-hydrogen) atoms. The summed E-state index contributed by atoms with van der Waals surface area (Å²) in [5.74, 6) is -0.0755. The number of amides is 3. The Hall–Kier alpha value is -2.90. The number of fused-ring (bicyclic) bond motifs is 3. The van der Waals surface area contributed by atoms with Gasteiger partial charge in [-0.15, -0.1) is 0 Å². The first-order chi connectivity index (χ1) is 15.9. The van der Waals surface area contributed by atoms with E-state index in [9.17, 15) is 9.59 Å². The molecule has 3 unspecified atom stereocenters. The number of nitrogens with zero attached hydrogens (tertiary/aromatic N) is 4. The molecule has 3 aliphatic heterocycles. The van der Waals surface area contributed by atoms with Gasteiger partial charge in [-0.25, -0.2) is 4.79 Å². The van der Waals surface area contributed by atoms with E-state index in [1.54, 1.807) is 4.90 Å². The molecule has 0 radical (unpaired) electrons. The molecule has 3 saturated heterocycles. The van der Waals surface area contributed by atoms with Gasteiger partial charge in [0.2, 0.25) is 0 Å². The number of anilines is 1. The Balaban J connectivity index is 1.35. The molecule has 3 fully saturated rings. The van der Waals surface area contributed by atoms with Gasteiger partial charge in [-0.05, 0) is 61.9 Å². The van der Waals surface area contributed by atoms with Crippen LogP contribution in [0, 0.1) is 13.8 Å². The predicted octanol–water partition coefficient (Wildman–Crippen LogP) is 2.92. The van der Waals surface area contributed by atoms with Gasteiger partial charge in [-0.2, -0.15) is 0 Å². The molecular formula is C26H33N5O2. The minimum atomic E-state index is -0.358. The number of nitrogens with one attached hydrogen (secondary N) is 1. The average Bonchev–Trinajstić information content (AvgIpc) is 3.20. The lowest BCUT2D eigenvalue weighted by Crippen LogP contribution is -2.66. The Labute approximate surface area is 195 Å². The minimum absolute atomic E-state index is 0.0755. The summed E-state index contributed by atoms with van der Waals surface area (Å²) in [6, 6.07) is 16.2. The number of imide groups is 1. The van der Waals surface area contributed by atoms with Crippen LogP contribution in [0.2, 0.25) is 0 Å². The highest BCUT2D eigenvalue weighted by atomic mass is 16.2. The molecule has 0 aromatic heterocycles. The van der Waals surface area contributed by atoms with Crippen molar-refractivity contribution in [3.63, 3.8) is 0 Å². The van der Waals surface area contributed by atoms with E-state index < -0.39 is 0 Å². The second-order valence-corrected chi connectivity index (χ2v) is 9.53. The standard InChI is InChI=1S/C26H33N5O2/c1-18-15-19(2)17-21(16-18)29-13-8-14-30-22-23(27-25(29)30)28(3)26(33)31(24(22)32)12-7-11-20-9-5-4-6-10-20/h4-6,9-10,15-17,22-23,25,27H,7-8,11-14H2,1-3H3. The Morgan fingerprint density at radius 3 is 2.45 bits per heavy atom. The summed E-state index contributed by atoms with van der Waals surface area (Å²) in [6.07, 6.45) is 2.18. The zero-order valence-electron chi connectivity index (χ0n) is 19.7. The minimum Gasteiger partial charge on any atom is -0.343 e. The summed E-state index contributed by atoms with van der Waals surface area (Å²) in [5, 5.41) is 3.60. The summed E-state index contributed by atoms with van der Waals surface area (Å²) in [7, 11) is 1.81. The lowest BCUT2D eigenvalue weighted by atomic mass is 10.1. The molecule has 3 amide bonds. The van der Waals surface area contributed by atoms with Crippen LogP contribution in [0.15, 0.2) is 48.5 Å². The highest BCUT2D eigenvalue weighted by Gasteiger charge is 2.55. The van der Waals surface area contributed by atoms with Gasteiger partial charge in [0.15, 0.2) is 0 Å². The average molecular weight is 448 g/mol. The Bertz CT molecular complexity index is 1020. The van der Waals surface area contributed by atoms with Crippen molar-refractivity contribution < 1.29 is 9.59 Å². The van der Waals surface area contributed by atoms with Crippen molar-refractivity contribution in [2.24, 2.45) is 0 Å². The first-order valence-electron chi connectivity index (χ1n) is 11.9. The van der Waals surface area contributed by atoms with Crippen LogP contribution in [0.5, 0.6) is 0 Å². The van der Waals surface area contributed by atoms with Gasteiger partial charge < -0.3 is 9.80 Å². The Morgan fingerprint density at radius 2 is 1.73 bits per heavy atom. The molecule has 0 bridgehead atoms. The molecular weight excluding hydrogens is 414 g/mol. The summed E-state index contributed by atoms with van der Waals surface area (Å²) in [6.45, 7) is 6.43. The van der Waals surface area contributed by atoms with E-state index in [0.29, 0.717) is 6.54 Å². The molecule has 7 nitrogen and oxygen atoms in total. The maximum atomic E-state index is 13.6. The third-order valence-corrected chi connectivity index (χ3v) is 7.10. The number of aryl methyl sites for hydroxylation is 3. The van der Waals surface area contributed by atoms with Crippen LogP contribution in [0.3, 0.4) is 0 Å². The quantitative estimate of drug-likeness (QED) is 0.764. The fourth-order valence-electron chi connectivity index (χ4n) is 5.59. The summed E-state index contributed by atoms with van der Waals surface area (Å²) >= 11 is 0. The fourth-order valence-corrected chi connectivity index (χ4v) is 5.59. The van der Waals surface area contributed by atoms with Crippen LogP contribution >= 0.6 is 0 Å². The fraction of sp³-hybridized carbons (Fsp3) is 0.462. The number of benzene rings is 2. The highest BCUT2D eigenvalue weighted by Crippen LogP contribution is 2.33. The van der Waals surface area contributed by atoms with Gasteiger partial charge >= 0.3 is 6.03 Å². The molecule has 2 aromatic rings. The number of hydrogen-bond donors (Lipinski definition) is 1. The molecule has 174 valence electrons. The molecule has 3 heterocycles. The lowest BCUT2D eigenvalue weighted by molar-refractivity contribution is -0.138. The highest BCUT2D eigenvalue weighted by molar-refractivity contribution is 6.00. The van der Waals surface area contributed by atoms with Crippen LogP contribution in [0.4, 0.5) is 10.5 Å². The zero-order valence-corrected chi connectivity index (χ0v) is 19.7. The maximum absolute atomic E-state index is 13.6. The first-order valence-corrected chi connectivity index (χ1v) is 11.9. The van der Waals surface area contributed by atoms with Crippen LogP contribution < -0.4 is 10.2 Å². The van der Waals surface area contributed by atoms with E-state index in [1.165, 1.54) is 21.6 Å². The predicted molar refractivity (Wildman–Crippen MR) is 129 cm³/mol. The molecule has 7 heteroatoms. The van der Waals surface area contributed by atoms with Gasteiger partial charge in [0.1, 0.15) is 18.5 Å². The smallest absolute Gasteiger partial charge is 0.327 e. The van der Waals surface area contributed by atoms with E-state index in [2.05, 4.69) is 59.3 Å². The van der Waals surface area contributed by atoms with Crippen LogP contribution in [-0.4, -0.2) is 71.8 Å². The molecule has 2 aromatic carbocycles. The lowest BCUT2D eigenvalue weighted by Gasteiger charge is -2.44. The maximum Gasteiger partial charge on any atom is 0.327 e. The van der Waals surface area contributed by atoms with Crippen LogP contribution in [0.1, 0.15) is 29.5 Å². The van der Waals surface area contributed by atoms with E-state index in [1.807, 2.05) is 25.2 Å². The van der Waals surface area contributed by atoms with E-state index in [0.717, 1.165) is 38.0 Å². The molecule has 0 aliphatic carbocycles. The van der Waals surface area contributed by atoms with E-state index in [4.69, 9.17) is 0 Å². The molecule has 5 rings (SSSR count). The second kappa shape index (κ2) is 8.80. The van der Waals surface area contributed by atoms with Gasteiger partial charge in [0, 0.05) is 32.4 Å².